The van der Waals surface area contributed by atoms with Gasteiger partial charge in [-0.25, -0.2) is 4.98 Å². The van der Waals surface area contributed by atoms with E-state index in [1.807, 2.05) is 25.1 Å². The predicted octanol–water partition coefficient (Wildman–Crippen LogP) is 2.46. The fraction of sp³-hybridized carbons (Fsp3) is 0.533. The normalized spacial score (nSPS) is 12.8. The molecule has 0 saturated carbocycles. The fourth-order valence-electron chi connectivity index (χ4n) is 2.47. The molecule has 2 N–H and O–H groups in total. The Balaban J connectivity index is 2.51. The molecule has 0 aliphatic rings. The van der Waals surface area contributed by atoms with Crippen LogP contribution in [-0.4, -0.2) is 28.5 Å². The summed E-state index contributed by atoms with van der Waals surface area (Å²) in [7, 11) is 0. The second-order valence-corrected chi connectivity index (χ2v) is 5.07. The van der Waals surface area contributed by atoms with Crippen LogP contribution in [0.1, 0.15) is 32.9 Å². The first-order chi connectivity index (χ1) is 9.17. The van der Waals surface area contributed by atoms with E-state index in [9.17, 15) is 0 Å². The quantitative estimate of drug-likeness (QED) is 0.868. The van der Waals surface area contributed by atoms with E-state index in [1.165, 1.54) is 5.69 Å². The minimum atomic E-state index is 0.138. The molecule has 0 fully saturated rings. The molecule has 1 atom stereocenters. The third-order valence-corrected chi connectivity index (χ3v) is 3.30. The van der Waals surface area contributed by atoms with Crippen LogP contribution >= 0.6 is 0 Å². The van der Waals surface area contributed by atoms with Gasteiger partial charge < -0.3 is 15.0 Å². The number of nitrogens with two attached hydrogens (primary N) is 1. The zero-order valence-corrected chi connectivity index (χ0v) is 12.1. The number of fused-ring (bicyclic) bond motifs is 1. The molecule has 104 valence electrons. The van der Waals surface area contributed by atoms with E-state index in [1.54, 1.807) is 0 Å². The van der Waals surface area contributed by atoms with E-state index in [4.69, 9.17) is 10.7 Å². The monoisotopic (exact) mass is 260 g/mol. The molecule has 0 amide bonds. The number of imidazole rings is 1. The number of pyridine rings is 1. The van der Waals surface area contributed by atoms with E-state index in [0.29, 0.717) is 0 Å². The highest BCUT2D eigenvalue weighted by Crippen LogP contribution is 2.23. The van der Waals surface area contributed by atoms with Gasteiger partial charge in [-0.2, -0.15) is 0 Å². The molecule has 0 aliphatic carbocycles. The molecule has 4 heteroatoms. The van der Waals surface area contributed by atoms with Crippen LogP contribution in [0.3, 0.4) is 0 Å². The molecule has 0 aliphatic heterocycles. The Kier molecular flexibility index (Phi) is 4.43. The Morgan fingerprint density at radius 2 is 2.16 bits per heavy atom. The first-order valence-electron chi connectivity index (χ1n) is 7.13. The van der Waals surface area contributed by atoms with E-state index >= 15 is 0 Å². The van der Waals surface area contributed by atoms with E-state index in [0.717, 1.165) is 37.4 Å². The molecule has 2 aromatic rings. The SMILES string of the molecule is CCCN(CC)c1nc2ccccn2c1CC(C)N. The summed E-state index contributed by atoms with van der Waals surface area (Å²) >= 11 is 0. The lowest BCUT2D eigenvalue weighted by molar-refractivity contribution is 0.705. The number of hydrogen-bond donors (Lipinski definition) is 1. The van der Waals surface area contributed by atoms with Gasteiger partial charge in [-0.1, -0.05) is 13.0 Å². The number of anilines is 1. The molecule has 4 nitrogen and oxygen atoms in total. The number of aromatic nitrogens is 2. The van der Waals surface area contributed by atoms with Gasteiger partial charge in [-0.05, 0) is 32.4 Å². The Bertz CT molecular complexity index is 530. The Hall–Kier alpha value is -1.55. The fourth-order valence-corrected chi connectivity index (χ4v) is 2.47. The number of rotatable bonds is 6. The van der Waals surface area contributed by atoms with Crippen molar-refractivity contribution in [2.45, 2.75) is 39.7 Å². The zero-order chi connectivity index (χ0) is 13.8. The maximum Gasteiger partial charge on any atom is 0.151 e. The second-order valence-electron chi connectivity index (χ2n) is 5.07. The molecular formula is C15H24N4. The first-order valence-corrected chi connectivity index (χ1v) is 7.13. The maximum absolute atomic E-state index is 6.00. The number of hydrogen-bond acceptors (Lipinski definition) is 3. The molecule has 2 heterocycles. The third kappa shape index (κ3) is 2.89. The largest absolute Gasteiger partial charge is 0.355 e. The molecule has 0 saturated heterocycles. The smallest absolute Gasteiger partial charge is 0.151 e. The summed E-state index contributed by atoms with van der Waals surface area (Å²) in [6.07, 6.45) is 4.05. The van der Waals surface area contributed by atoms with Crippen molar-refractivity contribution in [1.82, 2.24) is 9.38 Å². The lowest BCUT2D eigenvalue weighted by atomic mass is 10.2. The van der Waals surface area contributed by atoms with Crippen molar-refractivity contribution >= 4 is 11.5 Å². The van der Waals surface area contributed by atoms with Gasteiger partial charge in [-0.3, -0.25) is 0 Å². The molecule has 0 aromatic carbocycles. The molecule has 0 spiro atoms. The van der Waals surface area contributed by atoms with E-state index in [2.05, 4.69) is 29.3 Å². The summed E-state index contributed by atoms with van der Waals surface area (Å²) in [6, 6.07) is 6.25. The summed E-state index contributed by atoms with van der Waals surface area (Å²) < 4.78 is 2.16. The lowest BCUT2D eigenvalue weighted by Gasteiger charge is -2.21. The highest BCUT2D eigenvalue weighted by Gasteiger charge is 2.17. The number of nitrogens with zero attached hydrogens (tertiary/aromatic N) is 3. The Morgan fingerprint density at radius 1 is 1.37 bits per heavy atom. The van der Waals surface area contributed by atoms with Crippen LogP contribution in [0.15, 0.2) is 24.4 Å². The highest BCUT2D eigenvalue weighted by atomic mass is 15.2. The van der Waals surface area contributed by atoms with Gasteiger partial charge >= 0.3 is 0 Å². The van der Waals surface area contributed by atoms with Crippen molar-refractivity contribution in [1.29, 1.82) is 0 Å². The lowest BCUT2D eigenvalue weighted by Crippen LogP contribution is -2.27. The minimum Gasteiger partial charge on any atom is -0.355 e. The van der Waals surface area contributed by atoms with Crippen molar-refractivity contribution in [2.75, 3.05) is 18.0 Å². The van der Waals surface area contributed by atoms with Crippen LogP contribution in [0, 0.1) is 0 Å². The average Bonchev–Trinajstić information content (AvgIpc) is 2.74. The van der Waals surface area contributed by atoms with Gasteiger partial charge in [0.05, 0.1) is 5.69 Å². The van der Waals surface area contributed by atoms with Crippen molar-refractivity contribution in [2.24, 2.45) is 5.73 Å². The minimum absolute atomic E-state index is 0.138. The van der Waals surface area contributed by atoms with Crippen LogP contribution in [-0.2, 0) is 6.42 Å². The molecule has 2 rings (SSSR count). The molecule has 0 bridgehead atoms. The van der Waals surface area contributed by atoms with E-state index < -0.39 is 0 Å². The second kappa shape index (κ2) is 6.06. The summed E-state index contributed by atoms with van der Waals surface area (Å²) in [4.78, 5) is 7.13. The zero-order valence-electron chi connectivity index (χ0n) is 12.1. The highest BCUT2D eigenvalue weighted by molar-refractivity contribution is 5.56. The predicted molar refractivity (Wildman–Crippen MR) is 80.7 cm³/mol. The topological polar surface area (TPSA) is 46.6 Å². The summed E-state index contributed by atoms with van der Waals surface area (Å²) in [5.41, 5.74) is 8.23. The van der Waals surface area contributed by atoms with Crippen LogP contribution in [0.2, 0.25) is 0 Å². The maximum atomic E-state index is 6.00. The van der Waals surface area contributed by atoms with Gasteiger partial charge in [0.1, 0.15) is 5.65 Å². The van der Waals surface area contributed by atoms with Gasteiger partial charge in [0, 0.05) is 31.7 Å². The standard InChI is InChI=1S/C15H24N4/c1-4-9-18(5-2)15-13(11-12(3)16)19-10-7-6-8-14(19)17-15/h6-8,10,12H,4-5,9,11,16H2,1-3H3. The van der Waals surface area contributed by atoms with Crippen molar-refractivity contribution < 1.29 is 0 Å². The van der Waals surface area contributed by atoms with Crippen LogP contribution in [0.25, 0.3) is 5.65 Å². The van der Waals surface area contributed by atoms with Gasteiger partial charge in [-0.15, -0.1) is 0 Å². The summed E-state index contributed by atoms with van der Waals surface area (Å²) in [5.74, 6) is 1.09. The first kappa shape index (κ1) is 13.9. The molecule has 2 aromatic heterocycles. The van der Waals surface area contributed by atoms with Crippen molar-refractivity contribution in [3.63, 3.8) is 0 Å². The Labute approximate surface area is 115 Å². The molecular weight excluding hydrogens is 236 g/mol. The van der Waals surface area contributed by atoms with Gasteiger partial charge in [0.15, 0.2) is 5.82 Å². The third-order valence-electron chi connectivity index (χ3n) is 3.30. The molecule has 19 heavy (non-hydrogen) atoms. The summed E-state index contributed by atoms with van der Waals surface area (Å²) in [5, 5.41) is 0. The van der Waals surface area contributed by atoms with Gasteiger partial charge in [0.25, 0.3) is 0 Å². The molecule has 1 unspecified atom stereocenters. The Morgan fingerprint density at radius 3 is 2.79 bits per heavy atom. The van der Waals surface area contributed by atoms with Crippen molar-refractivity contribution in [3.8, 4) is 0 Å². The van der Waals surface area contributed by atoms with E-state index in [-0.39, 0.29) is 6.04 Å². The average molecular weight is 260 g/mol. The molecule has 0 radical (unpaired) electrons. The van der Waals surface area contributed by atoms with Crippen LogP contribution in [0.5, 0.6) is 0 Å². The summed E-state index contributed by atoms with van der Waals surface area (Å²) in [6.45, 7) is 8.43. The van der Waals surface area contributed by atoms with Crippen LogP contribution < -0.4 is 10.6 Å². The van der Waals surface area contributed by atoms with Crippen LogP contribution in [0.4, 0.5) is 5.82 Å². The van der Waals surface area contributed by atoms with Gasteiger partial charge in [0.2, 0.25) is 0 Å². The van der Waals surface area contributed by atoms with Crippen molar-refractivity contribution in [3.05, 3.63) is 30.1 Å².